The topological polar surface area (TPSA) is 84.9 Å². The summed E-state index contributed by atoms with van der Waals surface area (Å²) in [6.07, 6.45) is -0.991. The summed E-state index contributed by atoms with van der Waals surface area (Å²) in [5, 5.41) is 3.36. The van der Waals surface area contributed by atoms with Crippen molar-refractivity contribution in [1.29, 1.82) is 0 Å². The molecule has 0 fully saturated rings. The molecule has 1 heterocycles. The molecular weight excluding hydrogens is 476 g/mol. The molecule has 0 aromatic heterocycles. The van der Waals surface area contributed by atoms with E-state index in [-0.39, 0.29) is 25.4 Å². The number of rotatable bonds is 8. The molecule has 4 rings (SSSR count). The lowest BCUT2D eigenvalue weighted by Gasteiger charge is -2.34. The van der Waals surface area contributed by atoms with Crippen molar-refractivity contribution in [2.24, 2.45) is 0 Å². The molecule has 34 heavy (non-hydrogen) atoms. The van der Waals surface area contributed by atoms with Gasteiger partial charge in [-0.15, -0.1) is 0 Å². The van der Waals surface area contributed by atoms with Gasteiger partial charge in [0, 0.05) is 5.02 Å². The summed E-state index contributed by atoms with van der Waals surface area (Å²) in [7, 11) is -3.75. The number of sulfonamides is 1. The van der Waals surface area contributed by atoms with E-state index in [1.807, 2.05) is 19.1 Å². The molecule has 1 atom stereocenters. The molecule has 0 bridgehead atoms. The molecule has 0 radical (unpaired) electrons. The first kappa shape index (κ1) is 23.9. The zero-order valence-electron chi connectivity index (χ0n) is 18.6. The highest BCUT2D eigenvalue weighted by Crippen LogP contribution is 2.35. The van der Waals surface area contributed by atoms with Crippen LogP contribution in [-0.2, 0) is 20.6 Å². The second-order valence-electron chi connectivity index (χ2n) is 7.90. The van der Waals surface area contributed by atoms with Crippen molar-refractivity contribution >= 4 is 33.2 Å². The highest BCUT2D eigenvalue weighted by molar-refractivity contribution is 7.92. The average molecular weight is 501 g/mol. The van der Waals surface area contributed by atoms with E-state index < -0.39 is 22.0 Å². The number of aryl methyl sites for hydroxylation is 1. The molecule has 0 saturated heterocycles. The maximum absolute atomic E-state index is 13.3. The zero-order chi connectivity index (χ0) is 24.1. The fourth-order valence-corrected chi connectivity index (χ4v) is 5.34. The molecule has 0 saturated carbocycles. The minimum Gasteiger partial charge on any atom is -0.492 e. The number of hydrogen-bond donors (Lipinski definition) is 1. The van der Waals surface area contributed by atoms with E-state index in [1.165, 1.54) is 4.31 Å². The molecule has 1 unspecified atom stereocenters. The maximum Gasteiger partial charge on any atom is 0.263 e. The van der Waals surface area contributed by atoms with Crippen LogP contribution in [0.4, 0.5) is 5.69 Å². The van der Waals surface area contributed by atoms with E-state index in [0.717, 1.165) is 5.56 Å². The van der Waals surface area contributed by atoms with Gasteiger partial charge in [0.25, 0.3) is 5.91 Å². The number of nitrogens with zero attached hydrogens (tertiary/aromatic N) is 1. The monoisotopic (exact) mass is 500 g/mol. The highest BCUT2D eigenvalue weighted by atomic mass is 35.5. The Morgan fingerprint density at radius 3 is 2.62 bits per heavy atom. The van der Waals surface area contributed by atoms with E-state index in [4.69, 9.17) is 21.1 Å². The van der Waals surface area contributed by atoms with Crippen LogP contribution in [0.2, 0.25) is 5.02 Å². The molecule has 0 aliphatic carbocycles. The Morgan fingerprint density at radius 2 is 1.85 bits per heavy atom. The largest absolute Gasteiger partial charge is 0.492 e. The smallest absolute Gasteiger partial charge is 0.263 e. The second-order valence-corrected chi connectivity index (χ2v) is 10.2. The lowest BCUT2D eigenvalue weighted by atomic mass is 10.2. The van der Waals surface area contributed by atoms with E-state index in [2.05, 4.69) is 5.32 Å². The third-order valence-electron chi connectivity index (χ3n) is 5.37. The van der Waals surface area contributed by atoms with Gasteiger partial charge >= 0.3 is 0 Å². The second kappa shape index (κ2) is 10.4. The van der Waals surface area contributed by atoms with E-state index in [9.17, 15) is 13.2 Å². The molecule has 178 valence electrons. The van der Waals surface area contributed by atoms with Crippen molar-refractivity contribution in [3.8, 4) is 11.5 Å². The van der Waals surface area contributed by atoms with E-state index in [0.29, 0.717) is 27.8 Å². The van der Waals surface area contributed by atoms with Crippen LogP contribution in [0.15, 0.2) is 72.8 Å². The van der Waals surface area contributed by atoms with Crippen molar-refractivity contribution in [3.63, 3.8) is 0 Å². The Kier molecular flexibility index (Phi) is 7.29. The summed E-state index contributed by atoms with van der Waals surface area (Å²) in [6, 6.07) is 21.1. The van der Waals surface area contributed by atoms with Gasteiger partial charge in [0.2, 0.25) is 10.0 Å². The summed E-state index contributed by atoms with van der Waals surface area (Å²) < 4.78 is 39.3. The molecular formula is C25H25ClN2O5S. The van der Waals surface area contributed by atoms with E-state index in [1.54, 1.807) is 60.7 Å². The predicted molar refractivity (Wildman–Crippen MR) is 132 cm³/mol. The van der Waals surface area contributed by atoms with Crippen LogP contribution in [0.1, 0.15) is 11.1 Å². The van der Waals surface area contributed by atoms with E-state index >= 15 is 0 Å². The van der Waals surface area contributed by atoms with Crippen molar-refractivity contribution in [1.82, 2.24) is 5.32 Å². The number of carbonyl (C=O) groups is 1. The number of halogens is 1. The Balaban J connectivity index is 1.41. The highest BCUT2D eigenvalue weighted by Gasteiger charge is 2.36. The number of para-hydroxylation sites is 2. The van der Waals surface area contributed by atoms with Crippen LogP contribution in [0.5, 0.6) is 11.5 Å². The van der Waals surface area contributed by atoms with Gasteiger partial charge in [0.15, 0.2) is 6.10 Å². The van der Waals surface area contributed by atoms with Crippen molar-refractivity contribution in [2.75, 3.05) is 24.0 Å². The maximum atomic E-state index is 13.3. The summed E-state index contributed by atoms with van der Waals surface area (Å²) in [4.78, 5) is 12.8. The molecule has 0 spiro atoms. The van der Waals surface area contributed by atoms with Gasteiger partial charge in [-0.1, -0.05) is 60.1 Å². The van der Waals surface area contributed by atoms with Crippen LogP contribution >= 0.6 is 11.6 Å². The Morgan fingerprint density at radius 1 is 1.12 bits per heavy atom. The summed E-state index contributed by atoms with van der Waals surface area (Å²) >= 11 is 6.10. The van der Waals surface area contributed by atoms with Crippen LogP contribution in [0.3, 0.4) is 0 Å². The standard InChI is InChI=1S/C25H25ClN2O5S/c1-18-11-12-20(15-21(18)26)32-14-13-27-25(29)24-16-28(22-9-5-6-10-23(22)33-24)34(30,31)17-19-7-3-2-4-8-19/h2-12,15,24H,13-14,16-17H2,1H3,(H,27,29). The summed E-state index contributed by atoms with van der Waals surface area (Å²) in [6.45, 7) is 2.23. The molecule has 9 heteroatoms. The number of nitrogens with one attached hydrogen (secondary N) is 1. The quantitative estimate of drug-likeness (QED) is 0.473. The average Bonchev–Trinajstić information content (AvgIpc) is 2.83. The van der Waals surface area contributed by atoms with Gasteiger partial charge in [0.05, 0.1) is 24.5 Å². The number of anilines is 1. The number of benzene rings is 3. The van der Waals surface area contributed by atoms with Crippen LogP contribution < -0.4 is 19.1 Å². The first-order valence-corrected chi connectivity index (χ1v) is 12.8. The zero-order valence-corrected chi connectivity index (χ0v) is 20.2. The van der Waals surface area contributed by atoms with Gasteiger partial charge in [-0.25, -0.2) is 8.42 Å². The van der Waals surface area contributed by atoms with Crippen LogP contribution in [-0.4, -0.2) is 40.1 Å². The molecule has 3 aromatic rings. The number of amides is 1. The van der Waals surface area contributed by atoms with Crippen LogP contribution in [0, 0.1) is 6.92 Å². The third-order valence-corrected chi connectivity index (χ3v) is 7.49. The lowest BCUT2D eigenvalue weighted by molar-refractivity contribution is -0.127. The first-order chi connectivity index (χ1) is 16.3. The number of fused-ring (bicyclic) bond motifs is 1. The van der Waals surface area contributed by atoms with Gasteiger partial charge in [0.1, 0.15) is 18.1 Å². The first-order valence-electron chi connectivity index (χ1n) is 10.8. The molecule has 3 aromatic carbocycles. The van der Waals surface area contributed by atoms with Gasteiger partial charge in [-0.3, -0.25) is 9.10 Å². The fraction of sp³-hybridized carbons (Fsp3) is 0.240. The Labute approximate surface area is 204 Å². The van der Waals surface area contributed by atoms with Gasteiger partial charge in [-0.05, 0) is 42.3 Å². The molecule has 1 amide bonds. The van der Waals surface area contributed by atoms with Crippen molar-refractivity contribution in [2.45, 2.75) is 18.8 Å². The minimum atomic E-state index is -3.75. The fourth-order valence-electron chi connectivity index (χ4n) is 3.59. The Hall–Kier alpha value is -3.23. The molecule has 1 N–H and O–H groups in total. The van der Waals surface area contributed by atoms with Crippen LogP contribution in [0.25, 0.3) is 0 Å². The summed E-state index contributed by atoms with van der Waals surface area (Å²) in [5.74, 6) is 0.352. The summed E-state index contributed by atoms with van der Waals surface area (Å²) in [5.41, 5.74) is 2.03. The van der Waals surface area contributed by atoms with Gasteiger partial charge in [-0.2, -0.15) is 0 Å². The van der Waals surface area contributed by atoms with Crippen molar-refractivity contribution < 1.29 is 22.7 Å². The number of hydrogen-bond acceptors (Lipinski definition) is 5. The van der Waals surface area contributed by atoms with Gasteiger partial charge < -0.3 is 14.8 Å². The number of carbonyl (C=O) groups excluding carboxylic acids is 1. The SMILES string of the molecule is Cc1ccc(OCCNC(=O)C2CN(S(=O)(=O)Cc3ccccc3)c3ccccc3O2)cc1Cl. The molecule has 7 nitrogen and oxygen atoms in total. The Bertz CT molecular complexity index is 1270. The predicted octanol–water partition coefficient (Wildman–Crippen LogP) is 3.94. The number of ether oxygens (including phenoxy) is 2. The lowest BCUT2D eigenvalue weighted by Crippen LogP contribution is -2.51. The normalized spacial score (nSPS) is 15.2. The third kappa shape index (κ3) is 5.63. The molecule has 1 aliphatic rings. The molecule has 1 aliphatic heterocycles. The van der Waals surface area contributed by atoms with Crippen molar-refractivity contribution in [3.05, 3.63) is 88.9 Å². The minimum absolute atomic E-state index is 0.119.